The summed E-state index contributed by atoms with van der Waals surface area (Å²) in [5.74, 6) is 1.77. The normalized spacial score (nSPS) is 17.3. The molecule has 3 aromatic rings. The van der Waals surface area contributed by atoms with E-state index >= 15 is 4.79 Å². The molecule has 1 aliphatic heterocycles. The standard InChI is InChI=1S/C46H59Cl2N5O3/c1-9-31(3)34-13-21-38(22-14-34)50-42(54)27-32-23-25-52(26-24-32)44(55)53(30-33-11-17-36(47)18-12-33)43(51-46(7,8)35-15-19-37(48)20-16-35)39-29-49-41(45(4,5)6)28-40(39)56-10-2/h11-15,17-22,28-29,31-32,35H,9-10,16,23-27,30H2,1-8H3,(H,50,54)/b51-43-. The van der Waals surface area contributed by atoms with Crippen molar-refractivity contribution in [3.63, 3.8) is 0 Å². The van der Waals surface area contributed by atoms with Gasteiger partial charge in [-0.2, -0.15) is 0 Å². The Bertz CT molecular complexity index is 1910. The topological polar surface area (TPSA) is 87.1 Å². The number of amidine groups is 1. The number of rotatable bonds is 12. The number of nitrogens with zero attached hydrogens (tertiary/aromatic N) is 4. The Morgan fingerprint density at radius 2 is 1.70 bits per heavy atom. The van der Waals surface area contributed by atoms with E-state index in [4.69, 9.17) is 37.9 Å². The maximum atomic E-state index is 15.0. The molecule has 2 atom stereocenters. The number of allylic oxidation sites excluding steroid dienone is 3. The second kappa shape index (κ2) is 18.9. The number of aromatic nitrogens is 1. The monoisotopic (exact) mass is 799 g/mol. The van der Waals surface area contributed by atoms with E-state index < -0.39 is 5.54 Å². The van der Waals surface area contributed by atoms with Crippen molar-refractivity contribution in [1.29, 1.82) is 0 Å². The van der Waals surface area contributed by atoms with Crippen LogP contribution in [-0.2, 0) is 16.8 Å². The second-order valence-electron chi connectivity index (χ2n) is 16.7. The largest absolute Gasteiger partial charge is 0.493 e. The molecule has 0 spiro atoms. The third kappa shape index (κ3) is 11.3. The summed E-state index contributed by atoms with van der Waals surface area (Å²) in [6, 6.07) is 17.5. The first kappa shape index (κ1) is 43.0. The number of aliphatic imine (C=N–C) groups is 1. The summed E-state index contributed by atoms with van der Waals surface area (Å²) in [7, 11) is 0. The van der Waals surface area contributed by atoms with E-state index in [0.717, 1.165) is 23.4 Å². The highest BCUT2D eigenvalue weighted by atomic mass is 35.5. The molecular weight excluding hydrogens is 741 g/mol. The minimum Gasteiger partial charge on any atom is -0.493 e. The summed E-state index contributed by atoms with van der Waals surface area (Å²) in [6.45, 7) is 18.6. The molecule has 2 heterocycles. The summed E-state index contributed by atoms with van der Waals surface area (Å²) in [5.41, 5.74) is 3.64. The Morgan fingerprint density at radius 1 is 1.02 bits per heavy atom. The maximum absolute atomic E-state index is 15.0. The van der Waals surface area contributed by atoms with Crippen LogP contribution in [0.4, 0.5) is 10.5 Å². The van der Waals surface area contributed by atoms with Crippen molar-refractivity contribution in [2.75, 3.05) is 25.0 Å². The molecule has 1 aliphatic carbocycles. The average molecular weight is 801 g/mol. The van der Waals surface area contributed by atoms with Crippen LogP contribution < -0.4 is 10.1 Å². The van der Waals surface area contributed by atoms with Crippen LogP contribution in [0.2, 0.25) is 5.02 Å². The highest BCUT2D eigenvalue weighted by molar-refractivity contribution is 6.31. The summed E-state index contributed by atoms with van der Waals surface area (Å²) in [5, 5.41) is 4.41. The molecule has 2 aliphatic rings. The van der Waals surface area contributed by atoms with Crippen molar-refractivity contribution in [3.8, 4) is 5.75 Å². The first-order chi connectivity index (χ1) is 26.6. The van der Waals surface area contributed by atoms with Gasteiger partial charge in [-0.3, -0.25) is 19.7 Å². The molecule has 300 valence electrons. The van der Waals surface area contributed by atoms with Gasteiger partial charge in [0.25, 0.3) is 0 Å². The molecule has 1 aromatic heterocycles. The van der Waals surface area contributed by atoms with Gasteiger partial charge in [-0.25, -0.2) is 4.79 Å². The Kier molecular flexibility index (Phi) is 14.5. The lowest BCUT2D eigenvalue weighted by Crippen LogP contribution is -2.50. The fourth-order valence-corrected chi connectivity index (χ4v) is 7.43. The van der Waals surface area contributed by atoms with Crippen LogP contribution in [0.3, 0.4) is 0 Å². The zero-order valence-corrected chi connectivity index (χ0v) is 35.9. The quantitative estimate of drug-likeness (QED) is 0.146. The molecule has 56 heavy (non-hydrogen) atoms. The number of amides is 3. The average Bonchev–Trinajstić information content (AvgIpc) is 3.17. The van der Waals surface area contributed by atoms with E-state index in [-0.39, 0.29) is 35.7 Å². The lowest BCUT2D eigenvalue weighted by Gasteiger charge is -2.38. The highest BCUT2D eigenvalue weighted by Gasteiger charge is 2.36. The number of ether oxygens (including phenoxy) is 1. The van der Waals surface area contributed by atoms with Crippen molar-refractivity contribution in [3.05, 3.63) is 111 Å². The lowest BCUT2D eigenvalue weighted by atomic mass is 9.83. The third-order valence-electron chi connectivity index (χ3n) is 11.0. The van der Waals surface area contributed by atoms with Gasteiger partial charge >= 0.3 is 6.03 Å². The Balaban J connectivity index is 1.45. The van der Waals surface area contributed by atoms with Gasteiger partial charge in [0, 0.05) is 64.5 Å². The van der Waals surface area contributed by atoms with Crippen LogP contribution in [0.5, 0.6) is 5.75 Å². The number of carbonyl (C=O) groups excluding carboxylic acids is 2. The summed E-state index contributed by atoms with van der Waals surface area (Å²) < 4.78 is 6.32. The first-order valence-corrected chi connectivity index (χ1v) is 20.8. The minimum absolute atomic E-state index is 0.00497. The fraction of sp³-hybridized carbons (Fsp3) is 0.478. The Hall–Kier alpha value is -4.14. The smallest absolute Gasteiger partial charge is 0.325 e. The van der Waals surface area contributed by atoms with Crippen molar-refractivity contribution >= 4 is 46.7 Å². The van der Waals surface area contributed by atoms with E-state index in [1.54, 1.807) is 11.1 Å². The SMILES string of the molecule is CCOc1cc(C(C)(C)C)ncc1/C(=N/C(C)(C)C1C=CC(Cl)=CC1)N(Cc1ccc(Cl)cc1)C(=O)N1CCC(CC(=O)Nc2ccc(C(C)CC)cc2)CC1. The number of halogens is 2. The molecule has 1 N–H and O–H groups in total. The predicted octanol–water partition coefficient (Wildman–Crippen LogP) is 11.5. The molecule has 8 nitrogen and oxygen atoms in total. The van der Waals surface area contributed by atoms with Gasteiger partial charge in [0.1, 0.15) is 11.6 Å². The molecular formula is C46H59Cl2N5O3. The van der Waals surface area contributed by atoms with Gasteiger partial charge in [-0.05, 0) is 99.8 Å². The number of hydrogen-bond acceptors (Lipinski definition) is 5. The number of hydrogen-bond donors (Lipinski definition) is 1. The zero-order valence-electron chi connectivity index (χ0n) is 34.4. The molecule has 0 bridgehead atoms. The lowest BCUT2D eigenvalue weighted by molar-refractivity contribution is -0.117. The molecule has 1 fully saturated rings. The summed E-state index contributed by atoms with van der Waals surface area (Å²) >= 11 is 12.7. The number of carbonyl (C=O) groups is 2. The maximum Gasteiger partial charge on any atom is 0.325 e. The van der Waals surface area contributed by atoms with Gasteiger partial charge in [-0.1, -0.05) is 94.2 Å². The molecule has 3 amide bonds. The second-order valence-corrected chi connectivity index (χ2v) is 17.6. The van der Waals surface area contributed by atoms with Crippen molar-refractivity contribution in [2.24, 2.45) is 16.8 Å². The van der Waals surface area contributed by atoms with Crippen molar-refractivity contribution < 1.29 is 14.3 Å². The molecule has 2 unspecified atom stereocenters. The molecule has 10 heteroatoms. The predicted molar refractivity (Wildman–Crippen MR) is 231 cm³/mol. The molecule has 0 saturated carbocycles. The van der Waals surface area contributed by atoms with E-state index in [1.807, 2.05) is 66.4 Å². The van der Waals surface area contributed by atoms with E-state index in [0.29, 0.717) is 78.5 Å². The van der Waals surface area contributed by atoms with Crippen LogP contribution in [-0.4, -0.2) is 57.8 Å². The first-order valence-electron chi connectivity index (χ1n) is 20.1. The number of piperidine rings is 1. The van der Waals surface area contributed by atoms with E-state index in [1.165, 1.54) is 5.56 Å². The molecule has 5 rings (SSSR count). The minimum atomic E-state index is -0.639. The van der Waals surface area contributed by atoms with E-state index in [2.05, 4.69) is 72.0 Å². The van der Waals surface area contributed by atoms with Gasteiger partial charge in [0.2, 0.25) is 5.91 Å². The molecule has 2 aromatic carbocycles. The zero-order chi connectivity index (χ0) is 40.6. The molecule has 1 saturated heterocycles. The van der Waals surface area contributed by atoms with Gasteiger partial charge in [0.05, 0.1) is 24.3 Å². The third-order valence-corrected chi connectivity index (χ3v) is 11.5. The molecule has 0 radical (unpaired) electrons. The number of likely N-dealkylation sites (tertiary alicyclic amines) is 1. The van der Waals surface area contributed by atoms with Crippen LogP contribution in [0.25, 0.3) is 0 Å². The van der Waals surface area contributed by atoms with Crippen molar-refractivity contribution in [1.82, 2.24) is 14.8 Å². The van der Waals surface area contributed by atoms with Crippen LogP contribution in [0.15, 0.2) is 89.0 Å². The Morgan fingerprint density at radius 3 is 2.29 bits per heavy atom. The Labute approximate surface area is 344 Å². The van der Waals surface area contributed by atoms with Crippen LogP contribution in [0.1, 0.15) is 116 Å². The summed E-state index contributed by atoms with van der Waals surface area (Å²) in [4.78, 5) is 42.2. The summed E-state index contributed by atoms with van der Waals surface area (Å²) in [6.07, 6.45) is 11.5. The highest BCUT2D eigenvalue weighted by Crippen LogP contribution is 2.35. The van der Waals surface area contributed by atoms with Crippen LogP contribution in [0, 0.1) is 11.8 Å². The van der Waals surface area contributed by atoms with Crippen molar-refractivity contribution in [2.45, 2.75) is 111 Å². The van der Waals surface area contributed by atoms with Crippen LogP contribution >= 0.6 is 23.2 Å². The number of benzene rings is 2. The number of nitrogens with one attached hydrogen (secondary N) is 1. The van der Waals surface area contributed by atoms with E-state index in [9.17, 15) is 4.79 Å². The number of anilines is 1. The number of pyridine rings is 1. The number of urea groups is 1. The van der Waals surface area contributed by atoms with Gasteiger partial charge in [-0.15, -0.1) is 0 Å². The van der Waals surface area contributed by atoms with Gasteiger partial charge in [0.15, 0.2) is 0 Å². The fourth-order valence-electron chi connectivity index (χ4n) is 7.14. The van der Waals surface area contributed by atoms with Gasteiger partial charge < -0.3 is 15.0 Å².